The van der Waals surface area contributed by atoms with E-state index in [1.165, 1.54) is 11.6 Å². The number of aromatic nitrogens is 4. The minimum absolute atomic E-state index is 0.123. The topological polar surface area (TPSA) is 121 Å². The Morgan fingerprint density at radius 1 is 0.674 bits per heavy atom. The average molecular weight is 571 g/mol. The first-order valence-electron chi connectivity index (χ1n) is 14.4. The zero-order valence-electron chi connectivity index (χ0n) is 25.0. The summed E-state index contributed by atoms with van der Waals surface area (Å²) in [5.41, 5.74) is 2.77. The number of hydrogen-bond acceptors (Lipinski definition) is 5. The summed E-state index contributed by atoms with van der Waals surface area (Å²) in [7, 11) is 1.52. The van der Waals surface area contributed by atoms with Gasteiger partial charge in [-0.1, -0.05) is 65.8 Å². The molecule has 0 radical (unpaired) electrons. The number of aromatic amines is 2. The maximum Gasteiger partial charge on any atom is 0.263 e. The van der Waals surface area contributed by atoms with Gasteiger partial charge in [-0.05, 0) is 34.1 Å². The smallest absolute Gasteiger partial charge is 0.263 e. The van der Waals surface area contributed by atoms with Crippen LogP contribution in [0, 0.1) is 0 Å². The molecule has 0 unspecified atom stereocenters. The molecule has 0 saturated carbocycles. The highest BCUT2D eigenvalue weighted by molar-refractivity contribution is 6.44. The largest absolute Gasteiger partial charge is 0.494 e. The van der Waals surface area contributed by atoms with Gasteiger partial charge in [0.2, 0.25) is 5.88 Å². The fraction of sp³-hybridized carbons (Fsp3) is 0.257. The van der Waals surface area contributed by atoms with Crippen LogP contribution in [0.5, 0.6) is 5.88 Å². The van der Waals surface area contributed by atoms with Gasteiger partial charge in [-0.25, -0.2) is 4.98 Å². The predicted octanol–water partition coefficient (Wildman–Crippen LogP) is 6.41. The standard InChI is InChI=1S/C35H30N4O4/c1-34(2,3)14-8-10-16-18(12-14)36-28-20(16)24-22-23-26(28)32(42)39(7)33(43)27(23)29-21(25(22)31(41)38-30(24)40)17-11-9-15(35(4,5)6)13-19(17)37-29/h8-13,36,43H,1-7H3,(H,38,40,41). The van der Waals surface area contributed by atoms with E-state index in [0.717, 1.165) is 27.4 Å². The molecule has 8 heteroatoms. The van der Waals surface area contributed by atoms with E-state index in [4.69, 9.17) is 4.98 Å². The third kappa shape index (κ3) is 3.10. The monoisotopic (exact) mass is 570 g/mol. The van der Waals surface area contributed by atoms with Crippen molar-refractivity contribution in [2.45, 2.75) is 52.4 Å². The summed E-state index contributed by atoms with van der Waals surface area (Å²) in [5.74, 6) is -0.261. The zero-order valence-corrected chi connectivity index (χ0v) is 25.0. The zero-order chi connectivity index (χ0) is 30.5. The van der Waals surface area contributed by atoms with E-state index >= 15 is 0 Å². The molecule has 214 valence electrons. The Labute approximate surface area is 244 Å². The van der Waals surface area contributed by atoms with Gasteiger partial charge in [0, 0.05) is 44.9 Å². The maximum absolute atomic E-state index is 14.0. The Bertz CT molecular complexity index is 2690. The van der Waals surface area contributed by atoms with Crippen LogP contribution in [0.15, 0.2) is 50.8 Å². The minimum atomic E-state index is -0.547. The molecule has 0 bridgehead atoms. The third-order valence-corrected chi connectivity index (χ3v) is 9.24. The van der Waals surface area contributed by atoms with Crippen molar-refractivity contribution in [1.29, 1.82) is 0 Å². The quantitative estimate of drug-likeness (QED) is 0.182. The molecule has 8 nitrogen and oxygen atoms in total. The summed E-state index contributed by atoms with van der Waals surface area (Å²) in [6.45, 7) is 12.7. The number of aromatic hydroxyl groups is 1. The Balaban J connectivity index is 1.75. The van der Waals surface area contributed by atoms with E-state index in [1.807, 2.05) is 36.4 Å². The third-order valence-electron chi connectivity index (χ3n) is 9.24. The van der Waals surface area contributed by atoms with Crippen LogP contribution in [-0.2, 0) is 17.9 Å². The second-order valence-electron chi connectivity index (χ2n) is 13.9. The van der Waals surface area contributed by atoms with Crippen LogP contribution in [0.2, 0.25) is 0 Å². The van der Waals surface area contributed by atoms with Gasteiger partial charge >= 0.3 is 0 Å². The van der Waals surface area contributed by atoms with Gasteiger partial charge < -0.3 is 10.1 Å². The number of pyridine rings is 2. The lowest BCUT2D eigenvalue weighted by Gasteiger charge is -2.18. The Kier molecular flexibility index (Phi) is 4.60. The molecule has 0 atom stereocenters. The highest BCUT2D eigenvalue weighted by Crippen LogP contribution is 2.47. The van der Waals surface area contributed by atoms with Gasteiger partial charge in [0.25, 0.3) is 16.7 Å². The fourth-order valence-corrected chi connectivity index (χ4v) is 6.94. The fourth-order valence-electron chi connectivity index (χ4n) is 6.94. The number of hydrogen-bond donors (Lipinski definition) is 3. The lowest BCUT2D eigenvalue weighted by atomic mass is 9.86. The van der Waals surface area contributed by atoms with E-state index in [0.29, 0.717) is 59.6 Å². The van der Waals surface area contributed by atoms with Crippen molar-refractivity contribution in [3.63, 3.8) is 0 Å². The van der Waals surface area contributed by atoms with Crippen LogP contribution in [0.1, 0.15) is 52.7 Å². The molecule has 4 heterocycles. The highest BCUT2D eigenvalue weighted by Gasteiger charge is 2.30. The summed E-state index contributed by atoms with van der Waals surface area (Å²) in [6, 6.07) is 12.0. The summed E-state index contributed by atoms with van der Waals surface area (Å²) in [5, 5.41) is 16.2. The Morgan fingerprint density at radius 3 is 1.91 bits per heavy atom. The van der Waals surface area contributed by atoms with Gasteiger partial charge in [-0.15, -0.1) is 0 Å². The van der Waals surface area contributed by atoms with Crippen molar-refractivity contribution in [3.8, 4) is 5.88 Å². The predicted molar refractivity (Wildman–Crippen MR) is 175 cm³/mol. The number of rotatable bonds is 0. The molecule has 43 heavy (non-hydrogen) atoms. The molecule has 0 amide bonds. The van der Waals surface area contributed by atoms with Gasteiger partial charge in [-0.2, -0.15) is 0 Å². The Morgan fingerprint density at radius 2 is 1.26 bits per heavy atom. The van der Waals surface area contributed by atoms with Crippen LogP contribution in [0.3, 0.4) is 0 Å². The van der Waals surface area contributed by atoms with Crippen LogP contribution in [0.25, 0.3) is 75.9 Å². The van der Waals surface area contributed by atoms with E-state index in [2.05, 4.69) is 51.5 Å². The molecule has 0 aliphatic heterocycles. The second-order valence-corrected chi connectivity index (χ2v) is 13.9. The molecule has 4 aromatic carbocycles. The summed E-state index contributed by atoms with van der Waals surface area (Å²) < 4.78 is 1.22. The van der Waals surface area contributed by atoms with E-state index in [1.54, 1.807) is 0 Å². The average Bonchev–Trinajstić information content (AvgIpc) is 3.49. The van der Waals surface area contributed by atoms with Gasteiger partial charge in [0.15, 0.2) is 0 Å². The first-order chi connectivity index (χ1) is 20.2. The normalized spacial score (nSPS) is 13.4. The van der Waals surface area contributed by atoms with Crippen molar-refractivity contribution in [1.82, 2.24) is 19.5 Å². The lowest BCUT2D eigenvalue weighted by molar-refractivity contribution is 0.432. The van der Waals surface area contributed by atoms with Crippen LogP contribution < -0.4 is 16.7 Å². The maximum atomic E-state index is 14.0. The summed E-state index contributed by atoms with van der Waals surface area (Å²) in [6.07, 6.45) is 0. The molecular formula is C35H30N4O4. The lowest BCUT2D eigenvalue weighted by Crippen LogP contribution is -2.22. The second kappa shape index (κ2) is 7.69. The highest BCUT2D eigenvalue weighted by atomic mass is 16.3. The van der Waals surface area contributed by atoms with E-state index in [-0.39, 0.29) is 16.7 Å². The number of fused-ring (bicyclic) bond motifs is 10. The number of H-pyrrole nitrogens is 2. The van der Waals surface area contributed by atoms with Gasteiger partial charge in [-0.3, -0.25) is 23.9 Å². The van der Waals surface area contributed by atoms with Crippen LogP contribution >= 0.6 is 0 Å². The molecule has 0 aliphatic carbocycles. The van der Waals surface area contributed by atoms with Crippen LogP contribution in [-0.4, -0.2) is 24.6 Å². The summed E-state index contributed by atoms with van der Waals surface area (Å²) >= 11 is 0. The molecule has 0 aliphatic rings. The molecule has 0 spiro atoms. The van der Waals surface area contributed by atoms with Gasteiger partial charge in [0.1, 0.15) is 0 Å². The van der Waals surface area contributed by atoms with Crippen molar-refractivity contribution in [3.05, 3.63) is 78.6 Å². The Hall–Kier alpha value is -4.98. The molecule has 8 aromatic rings. The van der Waals surface area contributed by atoms with Crippen molar-refractivity contribution in [2.75, 3.05) is 0 Å². The van der Waals surface area contributed by atoms with Crippen molar-refractivity contribution in [2.24, 2.45) is 7.05 Å². The molecule has 0 saturated heterocycles. The molecule has 3 N–H and O–H groups in total. The summed E-state index contributed by atoms with van der Waals surface area (Å²) in [4.78, 5) is 52.6. The first kappa shape index (κ1) is 25.7. The van der Waals surface area contributed by atoms with Crippen LogP contribution in [0.4, 0.5) is 0 Å². The van der Waals surface area contributed by atoms with Crippen molar-refractivity contribution < 1.29 is 5.11 Å². The van der Waals surface area contributed by atoms with Gasteiger partial charge in [0.05, 0.1) is 38.1 Å². The molecular weight excluding hydrogens is 540 g/mol. The molecule has 0 fully saturated rings. The number of nitrogens with one attached hydrogen (secondary N) is 2. The van der Waals surface area contributed by atoms with Crippen molar-refractivity contribution >= 4 is 75.9 Å². The first-order valence-corrected chi connectivity index (χ1v) is 14.4. The molecule has 4 aromatic heterocycles. The minimum Gasteiger partial charge on any atom is -0.494 e. The van der Waals surface area contributed by atoms with E-state index in [9.17, 15) is 19.5 Å². The SMILES string of the molecule is Cn1c(O)c2c3nc4cc(C(C)(C)C)ccc4c3c3c(=O)[nH]c(=O)c4c5c6ccc(C(C)(C)C)cc6[nH]c5c(c1=O)c2c34. The van der Waals surface area contributed by atoms with E-state index < -0.39 is 16.7 Å². The number of benzene rings is 4. The number of nitrogens with zero attached hydrogens (tertiary/aromatic N) is 2. The molecule has 8 rings (SSSR count).